The van der Waals surface area contributed by atoms with E-state index in [0.29, 0.717) is 18.0 Å². The second-order valence-corrected chi connectivity index (χ2v) is 4.91. The van der Waals surface area contributed by atoms with Crippen molar-refractivity contribution >= 4 is 0 Å². The van der Waals surface area contributed by atoms with Gasteiger partial charge < -0.3 is 4.90 Å². The van der Waals surface area contributed by atoms with Gasteiger partial charge in [0.1, 0.15) is 0 Å². The molecule has 1 aromatic heterocycles. The number of hydrogen-bond donors (Lipinski definition) is 0. The highest BCUT2D eigenvalue weighted by molar-refractivity contribution is 4.87. The fourth-order valence-corrected chi connectivity index (χ4v) is 2.50. The Labute approximate surface area is 92.1 Å². The van der Waals surface area contributed by atoms with Crippen LogP contribution < -0.4 is 0 Å². The van der Waals surface area contributed by atoms with Crippen LogP contribution in [-0.2, 0) is 0 Å². The maximum absolute atomic E-state index is 4.36. The highest BCUT2D eigenvalue weighted by Crippen LogP contribution is 2.27. The quantitative estimate of drug-likeness (QED) is 0.741. The molecule has 0 saturated carbocycles. The molecule has 2 rings (SSSR count). The van der Waals surface area contributed by atoms with Crippen LogP contribution in [0.3, 0.4) is 0 Å². The minimum Gasteiger partial charge on any atom is -0.301 e. The molecule has 0 aromatic carbocycles. The molecule has 1 aromatic rings. The van der Waals surface area contributed by atoms with Gasteiger partial charge in [0.15, 0.2) is 0 Å². The molecule has 2 atom stereocenters. The van der Waals surface area contributed by atoms with Gasteiger partial charge in [0.2, 0.25) is 0 Å². The van der Waals surface area contributed by atoms with E-state index in [1.54, 1.807) is 0 Å². The summed E-state index contributed by atoms with van der Waals surface area (Å²) in [6.45, 7) is 9.29. The number of likely N-dealkylation sites (tertiary alicyclic amines) is 1. The van der Waals surface area contributed by atoms with Crippen LogP contribution in [0.2, 0.25) is 0 Å². The lowest BCUT2D eigenvalue weighted by Gasteiger charge is -2.39. The van der Waals surface area contributed by atoms with Gasteiger partial charge in [-0.15, -0.1) is 0 Å². The number of piperidine rings is 1. The summed E-state index contributed by atoms with van der Waals surface area (Å²) in [7, 11) is 0. The summed E-state index contributed by atoms with van der Waals surface area (Å²) >= 11 is 0. The van der Waals surface area contributed by atoms with Gasteiger partial charge in [-0.05, 0) is 32.3 Å². The van der Waals surface area contributed by atoms with Crippen LogP contribution in [0.4, 0.5) is 0 Å². The van der Waals surface area contributed by atoms with Gasteiger partial charge in [0.25, 0.3) is 0 Å². The van der Waals surface area contributed by atoms with Gasteiger partial charge >= 0.3 is 0 Å². The van der Waals surface area contributed by atoms with Crippen LogP contribution in [0.5, 0.6) is 0 Å². The van der Waals surface area contributed by atoms with Crippen molar-refractivity contribution in [1.82, 2.24) is 14.7 Å². The van der Waals surface area contributed by atoms with Crippen molar-refractivity contribution < 1.29 is 0 Å². The van der Waals surface area contributed by atoms with E-state index in [1.807, 2.05) is 12.3 Å². The fraction of sp³-hybridized carbons (Fsp3) is 0.750. The van der Waals surface area contributed by atoms with Crippen LogP contribution in [0.1, 0.15) is 33.2 Å². The average Bonchev–Trinajstić information content (AvgIpc) is 2.70. The molecule has 1 fully saturated rings. The van der Waals surface area contributed by atoms with Crippen LogP contribution >= 0.6 is 0 Å². The molecule has 3 nitrogen and oxygen atoms in total. The monoisotopic (exact) mass is 207 g/mol. The van der Waals surface area contributed by atoms with Gasteiger partial charge in [0.05, 0.1) is 6.04 Å². The van der Waals surface area contributed by atoms with Crippen LogP contribution in [-0.4, -0.2) is 33.8 Å². The lowest BCUT2D eigenvalue weighted by Crippen LogP contribution is -2.43. The van der Waals surface area contributed by atoms with E-state index in [0.717, 1.165) is 0 Å². The zero-order valence-electron chi connectivity index (χ0n) is 9.93. The van der Waals surface area contributed by atoms with Crippen molar-refractivity contribution in [2.45, 2.75) is 39.3 Å². The number of rotatable bonds is 2. The Hall–Kier alpha value is -0.830. The number of hydrogen-bond acceptors (Lipinski definition) is 2. The second-order valence-electron chi connectivity index (χ2n) is 4.91. The first-order chi connectivity index (χ1) is 7.18. The van der Waals surface area contributed by atoms with Crippen LogP contribution in [0.15, 0.2) is 18.5 Å². The maximum Gasteiger partial charge on any atom is 0.0569 e. The number of nitrogens with zero attached hydrogens (tertiary/aromatic N) is 3. The summed E-state index contributed by atoms with van der Waals surface area (Å²) in [5.74, 6) is 0.695. The molecule has 0 radical (unpaired) electrons. The van der Waals surface area contributed by atoms with E-state index in [2.05, 4.69) is 41.6 Å². The third kappa shape index (κ3) is 2.23. The third-order valence-corrected chi connectivity index (χ3v) is 3.49. The number of aromatic nitrogens is 2. The summed E-state index contributed by atoms with van der Waals surface area (Å²) in [5, 5.41) is 4.36. The Kier molecular flexibility index (Phi) is 3.10. The Bertz CT molecular complexity index is 292. The predicted octanol–water partition coefficient (Wildman–Crippen LogP) is 2.17. The maximum atomic E-state index is 4.36. The Morgan fingerprint density at radius 2 is 2.20 bits per heavy atom. The molecule has 15 heavy (non-hydrogen) atoms. The molecule has 0 unspecified atom stereocenters. The minimum atomic E-state index is 0.593. The smallest absolute Gasteiger partial charge is 0.0569 e. The summed E-state index contributed by atoms with van der Waals surface area (Å²) in [5.41, 5.74) is 0. The largest absolute Gasteiger partial charge is 0.301 e. The average molecular weight is 207 g/mol. The molecule has 0 bridgehead atoms. The van der Waals surface area contributed by atoms with Gasteiger partial charge in [-0.3, -0.25) is 4.68 Å². The lowest BCUT2D eigenvalue weighted by atomic mass is 9.93. The molecule has 2 heterocycles. The highest BCUT2D eigenvalue weighted by atomic mass is 15.3. The molecule has 1 saturated heterocycles. The van der Waals surface area contributed by atoms with E-state index in [4.69, 9.17) is 0 Å². The van der Waals surface area contributed by atoms with Gasteiger partial charge in [-0.1, -0.05) is 6.92 Å². The first kappa shape index (κ1) is 10.7. The summed E-state index contributed by atoms with van der Waals surface area (Å²) in [4.78, 5) is 2.56. The molecule has 0 N–H and O–H groups in total. The molecule has 1 aliphatic heterocycles. The van der Waals surface area contributed by atoms with Crippen molar-refractivity contribution in [2.75, 3.05) is 13.1 Å². The molecule has 3 heteroatoms. The van der Waals surface area contributed by atoms with Gasteiger partial charge in [0, 0.05) is 31.5 Å². The summed E-state index contributed by atoms with van der Waals surface area (Å²) in [6, 6.07) is 3.28. The van der Waals surface area contributed by atoms with Crippen molar-refractivity contribution in [1.29, 1.82) is 0 Å². The van der Waals surface area contributed by atoms with E-state index < -0.39 is 0 Å². The molecule has 0 aliphatic carbocycles. The molecule has 0 spiro atoms. The standard InChI is InChI=1S/C12H21N3/c1-10(2)14-8-5-12(11(3)9-14)15-7-4-6-13-15/h4,6-7,10-12H,5,8-9H2,1-3H3/t11-,12-/m0/s1. The Balaban J connectivity index is 2.01. The Morgan fingerprint density at radius 1 is 1.40 bits per heavy atom. The zero-order valence-corrected chi connectivity index (χ0v) is 9.93. The van der Waals surface area contributed by atoms with Crippen molar-refractivity contribution in [2.24, 2.45) is 5.92 Å². The second kappa shape index (κ2) is 4.35. The summed E-state index contributed by atoms with van der Waals surface area (Å²) in [6.07, 6.45) is 5.19. The summed E-state index contributed by atoms with van der Waals surface area (Å²) < 4.78 is 2.13. The van der Waals surface area contributed by atoms with Gasteiger partial charge in [-0.25, -0.2) is 0 Å². The molecular weight excluding hydrogens is 186 g/mol. The van der Waals surface area contributed by atoms with E-state index >= 15 is 0 Å². The van der Waals surface area contributed by atoms with Crippen LogP contribution in [0, 0.1) is 5.92 Å². The van der Waals surface area contributed by atoms with Gasteiger partial charge in [-0.2, -0.15) is 5.10 Å². The molecule has 1 aliphatic rings. The zero-order chi connectivity index (χ0) is 10.8. The first-order valence-electron chi connectivity index (χ1n) is 5.91. The topological polar surface area (TPSA) is 21.1 Å². The molecule has 84 valence electrons. The van der Waals surface area contributed by atoms with Crippen molar-refractivity contribution in [3.8, 4) is 0 Å². The normalized spacial score (nSPS) is 28.5. The van der Waals surface area contributed by atoms with Crippen LogP contribution in [0.25, 0.3) is 0 Å². The fourth-order valence-electron chi connectivity index (χ4n) is 2.50. The van der Waals surface area contributed by atoms with Crippen molar-refractivity contribution in [3.63, 3.8) is 0 Å². The van der Waals surface area contributed by atoms with E-state index in [1.165, 1.54) is 19.5 Å². The third-order valence-electron chi connectivity index (χ3n) is 3.49. The van der Waals surface area contributed by atoms with E-state index in [-0.39, 0.29) is 0 Å². The minimum absolute atomic E-state index is 0.593. The Morgan fingerprint density at radius 3 is 2.73 bits per heavy atom. The van der Waals surface area contributed by atoms with Crippen molar-refractivity contribution in [3.05, 3.63) is 18.5 Å². The highest BCUT2D eigenvalue weighted by Gasteiger charge is 2.28. The molecule has 0 amide bonds. The first-order valence-corrected chi connectivity index (χ1v) is 5.91. The molecular formula is C12H21N3. The van der Waals surface area contributed by atoms with E-state index in [9.17, 15) is 0 Å². The lowest BCUT2D eigenvalue weighted by molar-refractivity contribution is 0.101. The SMILES string of the molecule is CC(C)N1CC[C@H](n2cccn2)[C@@H](C)C1. The predicted molar refractivity (Wildman–Crippen MR) is 61.8 cm³/mol.